The summed E-state index contributed by atoms with van der Waals surface area (Å²) in [6.07, 6.45) is 5.26. The third-order valence-corrected chi connectivity index (χ3v) is 4.42. The summed E-state index contributed by atoms with van der Waals surface area (Å²) in [5.41, 5.74) is 2.04. The molecule has 0 spiro atoms. The van der Waals surface area contributed by atoms with E-state index in [1.165, 1.54) is 44.3 Å². The lowest BCUT2D eigenvalue weighted by molar-refractivity contribution is 0.206. The predicted octanol–water partition coefficient (Wildman–Crippen LogP) is 2.27. The third kappa shape index (κ3) is 2.80. The fourth-order valence-corrected chi connectivity index (χ4v) is 3.52. The van der Waals surface area contributed by atoms with Crippen LogP contribution >= 0.6 is 0 Å². The Morgan fingerprint density at radius 3 is 3.05 bits per heavy atom. The van der Waals surface area contributed by atoms with Crippen molar-refractivity contribution in [3.8, 4) is 6.07 Å². The zero-order chi connectivity index (χ0) is 13.1. The lowest BCUT2D eigenvalue weighted by Crippen LogP contribution is -2.43. The Morgan fingerprint density at radius 1 is 1.32 bits per heavy atom. The molecule has 0 aliphatic carbocycles. The first kappa shape index (κ1) is 12.7. The Bertz CT molecular complexity index is 471. The molecule has 2 aliphatic rings. The number of benzene rings is 1. The highest BCUT2D eigenvalue weighted by Crippen LogP contribution is 2.26. The van der Waals surface area contributed by atoms with Crippen molar-refractivity contribution in [3.63, 3.8) is 0 Å². The largest absolute Gasteiger partial charge is 0.312 e. The highest BCUT2D eigenvalue weighted by Gasteiger charge is 2.32. The summed E-state index contributed by atoms with van der Waals surface area (Å²) in [5, 5.41) is 12.6. The van der Waals surface area contributed by atoms with E-state index in [-0.39, 0.29) is 0 Å². The van der Waals surface area contributed by atoms with Gasteiger partial charge in [0.05, 0.1) is 11.6 Å². The molecule has 2 heterocycles. The van der Waals surface area contributed by atoms with E-state index < -0.39 is 0 Å². The van der Waals surface area contributed by atoms with Gasteiger partial charge in [-0.3, -0.25) is 4.90 Å². The molecule has 2 aliphatic heterocycles. The molecule has 2 atom stereocenters. The van der Waals surface area contributed by atoms with E-state index in [1.807, 2.05) is 18.2 Å². The fraction of sp³-hybridized carbons (Fsp3) is 0.562. The fourth-order valence-electron chi connectivity index (χ4n) is 3.52. The van der Waals surface area contributed by atoms with Gasteiger partial charge in [0.2, 0.25) is 0 Å². The van der Waals surface area contributed by atoms with Crippen LogP contribution in [0.25, 0.3) is 0 Å². The predicted molar refractivity (Wildman–Crippen MR) is 75.6 cm³/mol. The molecule has 3 nitrogen and oxygen atoms in total. The first-order valence-corrected chi connectivity index (χ1v) is 7.33. The van der Waals surface area contributed by atoms with Crippen LogP contribution in [-0.4, -0.2) is 30.1 Å². The van der Waals surface area contributed by atoms with E-state index in [4.69, 9.17) is 5.26 Å². The SMILES string of the molecule is N#Cc1cccc(CN2CCCC2C2CCCN2)c1. The molecule has 19 heavy (non-hydrogen) atoms. The summed E-state index contributed by atoms with van der Waals surface area (Å²) in [7, 11) is 0. The van der Waals surface area contributed by atoms with Crippen molar-refractivity contribution in [2.24, 2.45) is 0 Å². The van der Waals surface area contributed by atoms with Crippen LogP contribution in [0.1, 0.15) is 36.8 Å². The van der Waals surface area contributed by atoms with E-state index in [0.29, 0.717) is 12.1 Å². The van der Waals surface area contributed by atoms with Gasteiger partial charge in [-0.15, -0.1) is 0 Å². The van der Waals surface area contributed by atoms with Gasteiger partial charge in [0.1, 0.15) is 0 Å². The maximum Gasteiger partial charge on any atom is 0.0991 e. The Balaban J connectivity index is 1.69. The Hall–Kier alpha value is -1.37. The van der Waals surface area contributed by atoms with E-state index >= 15 is 0 Å². The summed E-state index contributed by atoms with van der Waals surface area (Å²) in [4.78, 5) is 2.60. The summed E-state index contributed by atoms with van der Waals surface area (Å²) in [6, 6.07) is 11.6. The summed E-state index contributed by atoms with van der Waals surface area (Å²) in [5.74, 6) is 0. The van der Waals surface area contributed by atoms with Crippen LogP contribution in [-0.2, 0) is 6.54 Å². The Labute approximate surface area is 115 Å². The minimum atomic E-state index is 0.682. The number of hydrogen-bond acceptors (Lipinski definition) is 3. The minimum Gasteiger partial charge on any atom is -0.312 e. The van der Waals surface area contributed by atoms with Gasteiger partial charge in [0, 0.05) is 18.6 Å². The van der Waals surface area contributed by atoms with Crippen LogP contribution in [0, 0.1) is 11.3 Å². The van der Waals surface area contributed by atoms with Crippen LogP contribution in [0.3, 0.4) is 0 Å². The normalized spacial score (nSPS) is 27.5. The quantitative estimate of drug-likeness (QED) is 0.900. The topological polar surface area (TPSA) is 39.1 Å². The van der Waals surface area contributed by atoms with Gasteiger partial charge in [-0.2, -0.15) is 5.26 Å². The number of hydrogen-bond donors (Lipinski definition) is 1. The molecular weight excluding hydrogens is 234 g/mol. The second-order valence-electron chi connectivity index (χ2n) is 5.70. The van der Waals surface area contributed by atoms with Gasteiger partial charge < -0.3 is 5.32 Å². The third-order valence-electron chi connectivity index (χ3n) is 4.42. The number of nitrogens with zero attached hydrogens (tertiary/aromatic N) is 2. The first-order valence-electron chi connectivity index (χ1n) is 7.33. The molecule has 0 amide bonds. The second-order valence-corrected chi connectivity index (χ2v) is 5.70. The molecule has 1 aromatic carbocycles. The Morgan fingerprint density at radius 2 is 2.26 bits per heavy atom. The molecular formula is C16H21N3. The van der Waals surface area contributed by atoms with Crippen LogP contribution < -0.4 is 5.32 Å². The number of nitriles is 1. The monoisotopic (exact) mass is 255 g/mol. The smallest absolute Gasteiger partial charge is 0.0991 e. The van der Waals surface area contributed by atoms with Crippen molar-refractivity contribution in [2.75, 3.05) is 13.1 Å². The van der Waals surface area contributed by atoms with E-state index in [9.17, 15) is 0 Å². The van der Waals surface area contributed by atoms with Gasteiger partial charge in [-0.25, -0.2) is 0 Å². The molecule has 0 radical (unpaired) electrons. The molecule has 1 N–H and O–H groups in total. The van der Waals surface area contributed by atoms with Crippen molar-refractivity contribution >= 4 is 0 Å². The number of likely N-dealkylation sites (tertiary alicyclic amines) is 1. The van der Waals surface area contributed by atoms with Gasteiger partial charge in [-0.05, 0) is 56.5 Å². The van der Waals surface area contributed by atoms with Crippen LogP contribution in [0.4, 0.5) is 0 Å². The number of nitrogens with one attached hydrogen (secondary N) is 1. The van der Waals surface area contributed by atoms with Crippen molar-refractivity contribution in [1.82, 2.24) is 10.2 Å². The zero-order valence-corrected chi connectivity index (χ0v) is 11.3. The van der Waals surface area contributed by atoms with Gasteiger partial charge in [0.15, 0.2) is 0 Å². The average molecular weight is 255 g/mol. The summed E-state index contributed by atoms with van der Waals surface area (Å²) < 4.78 is 0. The molecule has 3 rings (SSSR count). The van der Waals surface area contributed by atoms with E-state index in [0.717, 1.165) is 12.1 Å². The minimum absolute atomic E-state index is 0.682. The van der Waals surface area contributed by atoms with Crippen molar-refractivity contribution in [1.29, 1.82) is 5.26 Å². The molecule has 1 aromatic rings. The maximum absolute atomic E-state index is 8.97. The van der Waals surface area contributed by atoms with Crippen LogP contribution in [0.5, 0.6) is 0 Å². The molecule has 0 aromatic heterocycles. The lowest BCUT2D eigenvalue weighted by Gasteiger charge is -2.29. The lowest BCUT2D eigenvalue weighted by atomic mass is 10.0. The van der Waals surface area contributed by atoms with Crippen molar-refractivity contribution < 1.29 is 0 Å². The van der Waals surface area contributed by atoms with Crippen LogP contribution in [0.2, 0.25) is 0 Å². The number of rotatable bonds is 3. The molecule has 2 unspecified atom stereocenters. The van der Waals surface area contributed by atoms with Crippen molar-refractivity contribution in [2.45, 2.75) is 44.3 Å². The Kier molecular flexibility index (Phi) is 3.82. The van der Waals surface area contributed by atoms with E-state index in [2.05, 4.69) is 22.4 Å². The molecule has 100 valence electrons. The molecule has 0 saturated carbocycles. The van der Waals surface area contributed by atoms with Crippen LogP contribution in [0.15, 0.2) is 24.3 Å². The standard InChI is InChI=1S/C16H21N3/c17-11-13-4-1-5-14(10-13)12-19-9-3-7-16(19)15-6-2-8-18-15/h1,4-5,10,15-16,18H,2-3,6-9,12H2. The van der Waals surface area contributed by atoms with Gasteiger partial charge >= 0.3 is 0 Å². The second kappa shape index (κ2) is 5.73. The zero-order valence-electron chi connectivity index (χ0n) is 11.3. The maximum atomic E-state index is 8.97. The van der Waals surface area contributed by atoms with Crippen molar-refractivity contribution in [3.05, 3.63) is 35.4 Å². The molecule has 0 bridgehead atoms. The average Bonchev–Trinajstić information content (AvgIpc) is 3.09. The molecule has 2 fully saturated rings. The highest BCUT2D eigenvalue weighted by atomic mass is 15.2. The molecule has 3 heteroatoms. The van der Waals surface area contributed by atoms with E-state index in [1.54, 1.807) is 0 Å². The van der Waals surface area contributed by atoms with Gasteiger partial charge in [-0.1, -0.05) is 12.1 Å². The first-order chi connectivity index (χ1) is 9.36. The van der Waals surface area contributed by atoms with Gasteiger partial charge in [0.25, 0.3) is 0 Å². The molecule has 2 saturated heterocycles. The highest BCUT2D eigenvalue weighted by molar-refractivity contribution is 5.32. The summed E-state index contributed by atoms with van der Waals surface area (Å²) >= 11 is 0. The summed E-state index contributed by atoms with van der Waals surface area (Å²) in [6.45, 7) is 3.36.